The Hall–Kier alpha value is -2.17. The van der Waals surface area contributed by atoms with E-state index in [1.165, 1.54) is 6.92 Å². The fraction of sp³-hybridized carbons (Fsp3) is 0.100. The lowest BCUT2D eigenvalue weighted by molar-refractivity contribution is 0.0943. The first-order valence-electron chi connectivity index (χ1n) is 4.33. The minimum atomic E-state index is -0.360. The maximum absolute atomic E-state index is 11.3. The van der Waals surface area contributed by atoms with Gasteiger partial charge in [0.2, 0.25) is 11.7 Å². The van der Waals surface area contributed by atoms with Gasteiger partial charge in [-0.25, -0.2) is 0 Å². The lowest BCUT2D eigenvalue weighted by Crippen LogP contribution is -2.03. The zero-order valence-corrected chi connectivity index (χ0v) is 7.97. The Bertz CT molecular complexity index is 557. The average Bonchev–Trinajstić information content (AvgIpc) is 2.52. The van der Waals surface area contributed by atoms with Crippen LogP contribution in [0.4, 0.5) is 5.82 Å². The minimum absolute atomic E-state index is 0.247. The molecule has 5 heteroatoms. The van der Waals surface area contributed by atoms with Gasteiger partial charge in [-0.15, -0.1) is 4.91 Å². The van der Waals surface area contributed by atoms with E-state index in [1.54, 1.807) is 24.3 Å². The van der Waals surface area contributed by atoms with E-state index in [-0.39, 0.29) is 17.5 Å². The van der Waals surface area contributed by atoms with Gasteiger partial charge >= 0.3 is 0 Å². The van der Waals surface area contributed by atoms with Crippen LogP contribution in [0.5, 0.6) is 5.75 Å². The van der Waals surface area contributed by atoms with Gasteiger partial charge in [0.1, 0.15) is 0 Å². The van der Waals surface area contributed by atoms with Gasteiger partial charge in [0.15, 0.2) is 5.75 Å². The van der Waals surface area contributed by atoms with Crippen molar-refractivity contribution in [3.05, 3.63) is 29.2 Å². The molecule has 0 spiro atoms. The van der Waals surface area contributed by atoms with Crippen LogP contribution >= 0.6 is 0 Å². The molecule has 76 valence electrons. The minimum Gasteiger partial charge on any atom is -0.504 e. The molecular weight excluding hydrogens is 196 g/mol. The molecule has 5 nitrogen and oxygen atoms in total. The van der Waals surface area contributed by atoms with Crippen LogP contribution in [0.15, 0.2) is 29.4 Å². The number of aromatic nitrogens is 1. The van der Waals surface area contributed by atoms with E-state index in [9.17, 15) is 14.8 Å². The number of benzene rings is 1. The summed E-state index contributed by atoms with van der Waals surface area (Å²) in [4.78, 5) is 21.8. The largest absolute Gasteiger partial charge is 0.504 e. The maximum Gasteiger partial charge on any atom is 0.229 e. The number of aromatic hydroxyl groups is 1. The van der Waals surface area contributed by atoms with Crippen LogP contribution in [0.1, 0.15) is 11.7 Å². The van der Waals surface area contributed by atoms with E-state index in [1.807, 2.05) is 0 Å². The van der Waals surface area contributed by atoms with Crippen molar-refractivity contribution in [2.24, 2.45) is 5.18 Å². The molecule has 0 radical (unpaired) electrons. The second-order valence-electron chi connectivity index (χ2n) is 3.14. The molecule has 0 aliphatic carbocycles. The monoisotopic (exact) mass is 204 g/mol. The molecule has 2 rings (SSSR count). The lowest BCUT2D eigenvalue weighted by Gasteiger charge is -1.98. The van der Waals surface area contributed by atoms with E-state index in [0.29, 0.717) is 10.9 Å². The van der Waals surface area contributed by atoms with Gasteiger partial charge in [-0.3, -0.25) is 9.36 Å². The second-order valence-corrected chi connectivity index (χ2v) is 3.14. The Balaban J connectivity index is 2.97. The number of carbonyl (C=O) groups is 1. The van der Waals surface area contributed by atoms with Crippen molar-refractivity contribution in [2.45, 2.75) is 6.92 Å². The summed E-state index contributed by atoms with van der Waals surface area (Å²) in [6.07, 6.45) is 0. The summed E-state index contributed by atoms with van der Waals surface area (Å²) < 4.78 is 1.09. The number of nitroso groups, excluding NO2 is 1. The van der Waals surface area contributed by atoms with E-state index < -0.39 is 0 Å². The Kier molecular flexibility index (Phi) is 2.00. The Labute approximate surface area is 84.9 Å². The van der Waals surface area contributed by atoms with Gasteiger partial charge < -0.3 is 5.11 Å². The predicted octanol–water partition coefficient (Wildman–Crippen LogP) is 2.40. The number of hydrogen-bond donors (Lipinski definition) is 1. The highest BCUT2D eigenvalue weighted by atomic mass is 16.3. The molecule has 0 aliphatic rings. The van der Waals surface area contributed by atoms with E-state index in [2.05, 4.69) is 5.18 Å². The van der Waals surface area contributed by atoms with Crippen LogP contribution in [-0.2, 0) is 0 Å². The fourth-order valence-corrected chi connectivity index (χ4v) is 1.61. The maximum atomic E-state index is 11.3. The molecule has 1 N–H and O–H groups in total. The number of para-hydroxylation sites is 1. The molecule has 1 heterocycles. The number of hydrogen-bond acceptors (Lipinski definition) is 4. The summed E-state index contributed by atoms with van der Waals surface area (Å²) in [6, 6.07) is 6.70. The molecule has 0 bridgehead atoms. The van der Waals surface area contributed by atoms with Gasteiger partial charge in [-0.2, -0.15) is 0 Å². The van der Waals surface area contributed by atoms with Crippen molar-refractivity contribution in [3.8, 4) is 5.75 Å². The van der Waals surface area contributed by atoms with Crippen LogP contribution in [0.3, 0.4) is 0 Å². The quantitative estimate of drug-likeness (QED) is 0.725. The summed E-state index contributed by atoms with van der Waals surface area (Å²) in [5.41, 5.74) is 0.483. The van der Waals surface area contributed by atoms with Crippen molar-refractivity contribution >= 4 is 22.6 Å². The number of rotatable bonds is 1. The van der Waals surface area contributed by atoms with E-state index in [0.717, 1.165) is 4.57 Å². The van der Waals surface area contributed by atoms with Crippen LogP contribution in [0.25, 0.3) is 10.9 Å². The summed E-state index contributed by atoms with van der Waals surface area (Å²) in [5, 5.41) is 12.8. The molecule has 0 atom stereocenters. The summed E-state index contributed by atoms with van der Waals surface area (Å²) in [6.45, 7) is 1.31. The Morgan fingerprint density at radius 3 is 2.67 bits per heavy atom. The van der Waals surface area contributed by atoms with E-state index >= 15 is 0 Å². The third kappa shape index (κ3) is 1.20. The van der Waals surface area contributed by atoms with Crippen molar-refractivity contribution in [3.63, 3.8) is 0 Å². The Morgan fingerprint density at radius 1 is 1.40 bits per heavy atom. The van der Waals surface area contributed by atoms with Crippen molar-refractivity contribution in [1.82, 2.24) is 4.57 Å². The fourth-order valence-electron chi connectivity index (χ4n) is 1.61. The van der Waals surface area contributed by atoms with E-state index in [4.69, 9.17) is 0 Å². The first-order chi connectivity index (χ1) is 7.16. The normalized spacial score (nSPS) is 10.5. The SMILES string of the molecule is CC(=O)n1c(N=O)c(O)c2ccccc21. The van der Waals surface area contributed by atoms with Gasteiger partial charge in [-0.05, 0) is 17.3 Å². The molecule has 1 aromatic heterocycles. The molecule has 0 saturated carbocycles. The molecule has 1 aromatic carbocycles. The van der Waals surface area contributed by atoms with Gasteiger partial charge in [0, 0.05) is 12.3 Å². The highest BCUT2D eigenvalue weighted by Crippen LogP contribution is 2.37. The number of nitrogens with zero attached hydrogens (tertiary/aromatic N) is 2. The average molecular weight is 204 g/mol. The molecule has 15 heavy (non-hydrogen) atoms. The van der Waals surface area contributed by atoms with Crippen LogP contribution < -0.4 is 0 Å². The molecule has 0 aliphatic heterocycles. The van der Waals surface area contributed by atoms with Crippen molar-refractivity contribution in [2.75, 3.05) is 0 Å². The van der Waals surface area contributed by atoms with Gasteiger partial charge in [-0.1, -0.05) is 12.1 Å². The third-order valence-corrected chi connectivity index (χ3v) is 2.23. The zero-order chi connectivity index (χ0) is 11.0. The number of fused-ring (bicyclic) bond motifs is 1. The standard InChI is InChI=1S/C10H8N2O3/c1-6(13)12-8-5-3-2-4-7(8)9(14)10(12)11-15/h2-5,14H,1H3. The highest BCUT2D eigenvalue weighted by Gasteiger charge is 2.19. The molecule has 0 unspecified atom stereocenters. The van der Waals surface area contributed by atoms with Crippen molar-refractivity contribution < 1.29 is 9.90 Å². The summed E-state index contributed by atoms with van der Waals surface area (Å²) in [7, 11) is 0. The third-order valence-electron chi connectivity index (χ3n) is 2.23. The Morgan fingerprint density at radius 2 is 2.07 bits per heavy atom. The smallest absolute Gasteiger partial charge is 0.229 e. The predicted molar refractivity (Wildman–Crippen MR) is 55.4 cm³/mol. The first kappa shape index (κ1) is 9.39. The van der Waals surface area contributed by atoms with Crippen LogP contribution in [-0.4, -0.2) is 15.6 Å². The van der Waals surface area contributed by atoms with Crippen LogP contribution in [0, 0.1) is 4.91 Å². The lowest BCUT2D eigenvalue weighted by atomic mass is 10.2. The molecule has 0 amide bonds. The second kappa shape index (κ2) is 3.20. The molecule has 2 aromatic rings. The van der Waals surface area contributed by atoms with Crippen molar-refractivity contribution in [1.29, 1.82) is 0 Å². The molecular formula is C10H8N2O3. The van der Waals surface area contributed by atoms with Crippen LogP contribution in [0.2, 0.25) is 0 Å². The van der Waals surface area contributed by atoms with Gasteiger partial charge in [0.05, 0.1) is 5.52 Å². The topological polar surface area (TPSA) is 71.7 Å². The molecule has 0 saturated heterocycles. The number of carbonyl (C=O) groups excluding carboxylic acids is 1. The van der Waals surface area contributed by atoms with Gasteiger partial charge in [0.25, 0.3) is 0 Å². The highest BCUT2D eigenvalue weighted by molar-refractivity contribution is 6.00. The summed E-state index contributed by atoms with van der Waals surface area (Å²) in [5.74, 6) is -0.861. The zero-order valence-electron chi connectivity index (χ0n) is 7.97. The summed E-state index contributed by atoms with van der Waals surface area (Å²) >= 11 is 0. The molecule has 0 fully saturated rings. The first-order valence-corrected chi connectivity index (χ1v) is 4.33.